The number of fused-ring (bicyclic) bond motifs is 1. The topological polar surface area (TPSA) is 60.1 Å². The van der Waals surface area contributed by atoms with Crippen molar-refractivity contribution >= 4 is 22.6 Å². The molecular weight excluding hydrogens is 345 g/mol. The van der Waals surface area contributed by atoms with Crippen molar-refractivity contribution in [1.29, 1.82) is 0 Å². The molecule has 0 atom stereocenters. The lowest BCUT2D eigenvalue weighted by Crippen LogP contribution is -2.14. The number of hydrogen-bond donors (Lipinski definition) is 1. The van der Waals surface area contributed by atoms with Crippen LogP contribution in [-0.2, 0) is 0 Å². The van der Waals surface area contributed by atoms with Crippen molar-refractivity contribution in [2.45, 2.75) is 20.8 Å². The van der Waals surface area contributed by atoms with Crippen molar-refractivity contribution in [2.24, 2.45) is 0 Å². The number of hydrogen-bond acceptors (Lipinski definition) is 3. The van der Waals surface area contributed by atoms with Gasteiger partial charge in [-0.2, -0.15) is 5.10 Å². The SMILES string of the molecule is Cc1cc(C)n(-c2ccccc2NC(=O)c2oc3ccc(F)cc3c2C)n1. The Bertz CT molecular complexity index is 1170. The predicted molar refractivity (Wildman–Crippen MR) is 102 cm³/mol. The first kappa shape index (κ1) is 17.0. The molecule has 136 valence electrons. The van der Waals surface area contributed by atoms with Gasteiger partial charge in [0.15, 0.2) is 5.76 Å². The number of aromatic nitrogens is 2. The van der Waals surface area contributed by atoms with Crippen LogP contribution in [0.1, 0.15) is 27.5 Å². The van der Waals surface area contributed by atoms with Crippen LogP contribution in [0.25, 0.3) is 16.7 Å². The first-order valence-electron chi connectivity index (χ1n) is 8.56. The van der Waals surface area contributed by atoms with Crippen molar-refractivity contribution in [3.05, 3.63) is 77.1 Å². The number of carbonyl (C=O) groups excluding carboxylic acids is 1. The van der Waals surface area contributed by atoms with Crippen LogP contribution in [0.2, 0.25) is 0 Å². The number of carbonyl (C=O) groups is 1. The average Bonchev–Trinajstić information content (AvgIpc) is 3.14. The molecule has 0 radical (unpaired) electrons. The molecule has 2 heterocycles. The molecule has 27 heavy (non-hydrogen) atoms. The molecule has 0 fully saturated rings. The molecule has 1 N–H and O–H groups in total. The zero-order valence-corrected chi connectivity index (χ0v) is 15.2. The van der Waals surface area contributed by atoms with Gasteiger partial charge in [0.2, 0.25) is 0 Å². The minimum Gasteiger partial charge on any atom is -0.451 e. The minimum atomic E-state index is -0.391. The van der Waals surface area contributed by atoms with Gasteiger partial charge in [0.1, 0.15) is 11.4 Å². The van der Waals surface area contributed by atoms with E-state index in [-0.39, 0.29) is 11.6 Å². The fraction of sp³-hybridized carbons (Fsp3) is 0.143. The van der Waals surface area contributed by atoms with Gasteiger partial charge in [-0.05, 0) is 57.2 Å². The summed E-state index contributed by atoms with van der Waals surface area (Å²) in [6, 6.07) is 13.6. The molecule has 2 aromatic heterocycles. The summed E-state index contributed by atoms with van der Waals surface area (Å²) in [6.45, 7) is 5.62. The van der Waals surface area contributed by atoms with E-state index in [9.17, 15) is 9.18 Å². The van der Waals surface area contributed by atoms with Crippen molar-refractivity contribution < 1.29 is 13.6 Å². The number of furan rings is 1. The summed E-state index contributed by atoms with van der Waals surface area (Å²) in [4.78, 5) is 12.8. The molecule has 0 aliphatic carbocycles. The molecule has 0 saturated heterocycles. The van der Waals surface area contributed by atoms with Gasteiger partial charge < -0.3 is 9.73 Å². The van der Waals surface area contributed by atoms with Gasteiger partial charge >= 0.3 is 0 Å². The van der Waals surface area contributed by atoms with E-state index in [2.05, 4.69) is 10.4 Å². The third kappa shape index (κ3) is 2.99. The highest BCUT2D eigenvalue weighted by atomic mass is 19.1. The Balaban J connectivity index is 1.72. The van der Waals surface area contributed by atoms with Crippen molar-refractivity contribution in [2.75, 3.05) is 5.32 Å². The number of rotatable bonds is 3. The molecule has 0 bridgehead atoms. The number of anilines is 1. The maximum atomic E-state index is 13.5. The van der Waals surface area contributed by atoms with Gasteiger partial charge in [-0.3, -0.25) is 4.79 Å². The Kier molecular flexibility index (Phi) is 4.03. The highest BCUT2D eigenvalue weighted by molar-refractivity contribution is 6.07. The highest BCUT2D eigenvalue weighted by Gasteiger charge is 2.20. The second-order valence-corrected chi connectivity index (χ2v) is 6.51. The van der Waals surface area contributed by atoms with Crippen LogP contribution >= 0.6 is 0 Å². The Morgan fingerprint density at radius 2 is 1.89 bits per heavy atom. The summed E-state index contributed by atoms with van der Waals surface area (Å²) < 4.78 is 20.9. The first-order valence-corrected chi connectivity index (χ1v) is 8.56. The van der Waals surface area contributed by atoms with E-state index in [4.69, 9.17) is 4.42 Å². The summed E-state index contributed by atoms with van der Waals surface area (Å²) in [5.74, 6) is -0.593. The molecule has 0 spiro atoms. The fourth-order valence-electron chi connectivity index (χ4n) is 3.23. The van der Waals surface area contributed by atoms with E-state index in [1.165, 1.54) is 18.2 Å². The number of para-hydroxylation sites is 2. The Morgan fingerprint density at radius 1 is 1.11 bits per heavy atom. The minimum absolute atomic E-state index is 0.166. The molecule has 0 aliphatic rings. The van der Waals surface area contributed by atoms with Crippen LogP contribution in [-0.4, -0.2) is 15.7 Å². The lowest BCUT2D eigenvalue weighted by molar-refractivity contribution is 0.0998. The largest absolute Gasteiger partial charge is 0.451 e. The second-order valence-electron chi connectivity index (χ2n) is 6.51. The molecule has 5 nitrogen and oxygen atoms in total. The molecule has 2 aromatic carbocycles. The van der Waals surface area contributed by atoms with E-state index in [1.807, 2.05) is 38.1 Å². The second kappa shape index (κ2) is 6.39. The van der Waals surface area contributed by atoms with Gasteiger partial charge in [0.25, 0.3) is 5.91 Å². The number of nitrogens with zero attached hydrogens (tertiary/aromatic N) is 2. The van der Waals surface area contributed by atoms with Crippen LogP contribution in [0.3, 0.4) is 0 Å². The predicted octanol–water partition coefficient (Wildman–Crippen LogP) is 4.94. The third-order valence-electron chi connectivity index (χ3n) is 4.49. The Hall–Kier alpha value is -3.41. The van der Waals surface area contributed by atoms with Gasteiger partial charge in [0.05, 0.1) is 17.1 Å². The zero-order chi connectivity index (χ0) is 19.1. The van der Waals surface area contributed by atoms with Crippen LogP contribution < -0.4 is 5.32 Å². The van der Waals surface area contributed by atoms with Crippen molar-refractivity contribution in [3.8, 4) is 5.69 Å². The maximum Gasteiger partial charge on any atom is 0.291 e. The molecule has 0 saturated carbocycles. The zero-order valence-electron chi connectivity index (χ0n) is 15.2. The maximum absolute atomic E-state index is 13.5. The van der Waals surface area contributed by atoms with Crippen LogP contribution in [0.5, 0.6) is 0 Å². The number of aryl methyl sites for hydroxylation is 3. The number of halogens is 1. The highest BCUT2D eigenvalue weighted by Crippen LogP contribution is 2.28. The molecule has 6 heteroatoms. The van der Waals surface area contributed by atoms with Crippen molar-refractivity contribution in [3.63, 3.8) is 0 Å². The van der Waals surface area contributed by atoms with E-state index in [1.54, 1.807) is 17.7 Å². The van der Waals surface area contributed by atoms with E-state index in [0.717, 1.165) is 17.1 Å². The lowest BCUT2D eigenvalue weighted by Gasteiger charge is -2.12. The van der Waals surface area contributed by atoms with Gasteiger partial charge in [-0.15, -0.1) is 0 Å². The lowest BCUT2D eigenvalue weighted by atomic mass is 10.1. The van der Waals surface area contributed by atoms with Crippen molar-refractivity contribution in [1.82, 2.24) is 9.78 Å². The normalized spacial score (nSPS) is 11.1. The molecule has 4 rings (SSSR count). The summed E-state index contributed by atoms with van der Waals surface area (Å²) in [7, 11) is 0. The monoisotopic (exact) mass is 363 g/mol. The Morgan fingerprint density at radius 3 is 2.63 bits per heavy atom. The summed E-state index contributed by atoms with van der Waals surface area (Å²) >= 11 is 0. The molecule has 4 aromatic rings. The quantitative estimate of drug-likeness (QED) is 0.561. The Labute approximate surface area is 155 Å². The number of benzene rings is 2. The van der Waals surface area contributed by atoms with Crippen LogP contribution in [0, 0.1) is 26.6 Å². The van der Waals surface area contributed by atoms with Gasteiger partial charge in [0, 0.05) is 16.6 Å². The average molecular weight is 363 g/mol. The molecule has 0 unspecified atom stereocenters. The molecular formula is C21H18FN3O2. The van der Waals surface area contributed by atoms with Gasteiger partial charge in [-0.1, -0.05) is 12.1 Å². The summed E-state index contributed by atoms with van der Waals surface area (Å²) in [5.41, 5.74) is 4.31. The van der Waals surface area contributed by atoms with E-state index < -0.39 is 5.91 Å². The van der Waals surface area contributed by atoms with Gasteiger partial charge in [-0.25, -0.2) is 9.07 Å². The van der Waals surface area contributed by atoms with Crippen LogP contribution in [0.4, 0.5) is 10.1 Å². The first-order chi connectivity index (χ1) is 12.9. The third-order valence-corrected chi connectivity index (χ3v) is 4.49. The molecule has 1 amide bonds. The summed E-state index contributed by atoms with van der Waals surface area (Å²) in [6.07, 6.45) is 0. The smallest absolute Gasteiger partial charge is 0.291 e. The fourth-order valence-corrected chi connectivity index (χ4v) is 3.23. The standard InChI is InChI=1S/C21H18FN3O2/c1-12-10-13(2)25(24-12)18-7-5-4-6-17(18)23-21(26)20-14(3)16-11-15(22)8-9-19(16)27-20/h4-11H,1-3H3,(H,23,26). The van der Waals surface area contributed by atoms with E-state index in [0.29, 0.717) is 22.2 Å². The van der Waals surface area contributed by atoms with Crippen LogP contribution in [0.15, 0.2) is 52.9 Å². The molecule has 0 aliphatic heterocycles. The number of amides is 1. The summed E-state index contributed by atoms with van der Waals surface area (Å²) in [5, 5.41) is 7.96. The van der Waals surface area contributed by atoms with E-state index >= 15 is 0 Å². The number of nitrogens with one attached hydrogen (secondary N) is 1.